The maximum atomic E-state index is 5.34. The Labute approximate surface area is 77.6 Å². The molecule has 0 atom stereocenters. The molecule has 4 N–H and O–H groups in total. The second-order valence-electron chi connectivity index (χ2n) is 2.24. The maximum absolute atomic E-state index is 5.34. The summed E-state index contributed by atoms with van der Waals surface area (Å²) in [6, 6.07) is 0. The van der Waals surface area contributed by atoms with Gasteiger partial charge in [-0.15, -0.1) is 0 Å². The fraction of sp³-hybridized carbons (Fsp3) is 0.200. The summed E-state index contributed by atoms with van der Waals surface area (Å²) in [6.45, 7) is 0.536. The molecule has 0 aliphatic carbocycles. The van der Waals surface area contributed by atoms with Gasteiger partial charge in [0.1, 0.15) is 12.2 Å². The van der Waals surface area contributed by atoms with Gasteiger partial charge in [0.05, 0.1) is 6.54 Å². The number of aromatic amines is 1. The van der Waals surface area contributed by atoms with E-state index in [1.54, 1.807) is 0 Å². The third-order valence-electron chi connectivity index (χ3n) is 1.31. The Morgan fingerprint density at radius 2 is 2.54 bits per heavy atom. The topological polar surface area (TPSA) is 105 Å². The molecule has 13 heavy (non-hydrogen) atoms. The summed E-state index contributed by atoms with van der Waals surface area (Å²) < 4.78 is 3.82. The minimum atomic E-state index is 0.282. The zero-order valence-corrected chi connectivity index (χ0v) is 7.38. The molecular formula is C5H7N7S. The summed E-state index contributed by atoms with van der Waals surface area (Å²) in [5.74, 6) is 1.03. The van der Waals surface area contributed by atoms with Gasteiger partial charge in [0.15, 0.2) is 0 Å². The standard InChI is InChI=1S/C5H7N7S/c6-4-10-5(13-12-4)7-1-3-8-2-9-11-3/h2H,1H2,(H,8,9,11)(H3,6,7,10,12). The van der Waals surface area contributed by atoms with Crippen LogP contribution in [0.5, 0.6) is 0 Å². The monoisotopic (exact) mass is 197 g/mol. The maximum Gasteiger partial charge on any atom is 0.233 e. The summed E-state index contributed by atoms with van der Waals surface area (Å²) in [7, 11) is 0. The molecule has 0 unspecified atom stereocenters. The van der Waals surface area contributed by atoms with Gasteiger partial charge in [0.25, 0.3) is 0 Å². The molecule has 0 saturated carbocycles. The number of hydrogen-bond acceptors (Lipinski definition) is 7. The molecule has 0 radical (unpaired) electrons. The molecule has 2 aromatic rings. The fourth-order valence-electron chi connectivity index (χ4n) is 0.782. The predicted molar refractivity (Wildman–Crippen MR) is 48.0 cm³/mol. The highest BCUT2D eigenvalue weighted by Gasteiger charge is 2.00. The molecular weight excluding hydrogens is 190 g/mol. The van der Waals surface area contributed by atoms with Gasteiger partial charge in [-0.05, 0) is 0 Å². The van der Waals surface area contributed by atoms with Crippen molar-refractivity contribution in [2.75, 3.05) is 11.1 Å². The third kappa shape index (κ3) is 1.90. The van der Waals surface area contributed by atoms with Gasteiger partial charge in [-0.25, -0.2) is 4.98 Å². The Bertz CT molecular complexity index is 366. The van der Waals surface area contributed by atoms with Crippen LogP contribution in [0.1, 0.15) is 5.82 Å². The van der Waals surface area contributed by atoms with E-state index in [2.05, 4.69) is 29.9 Å². The number of anilines is 2. The van der Waals surface area contributed by atoms with Gasteiger partial charge in [-0.1, -0.05) is 0 Å². The van der Waals surface area contributed by atoms with Crippen molar-refractivity contribution in [2.24, 2.45) is 0 Å². The van der Waals surface area contributed by atoms with Crippen LogP contribution in [0, 0.1) is 0 Å². The molecule has 0 fully saturated rings. The van der Waals surface area contributed by atoms with Crippen LogP contribution in [-0.4, -0.2) is 24.5 Å². The van der Waals surface area contributed by atoms with Gasteiger partial charge in [0.2, 0.25) is 11.1 Å². The highest BCUT2D eigenvalue weighted by Crippen LogP contribution is 2.11. The number of nitrogen functional groups attached to an aromatic ring is 1. The largest absolute Gasteiger partial charge is 0.367 e. The van der Waals surface area contributed by atoms with Crippen LogP contribution in [0.4, 0.5) is 11.1 Å². The quantitative estimate of drug-likeness (QED) is 0.632. The number of nitrogens with one attached hydrogen (secondary N) is 2. The first-order chi connectivity index (χ1) is 6.34. The lowest BCUT2D eigenvalue weighted by molar-refractivity contribution is 0.952. The molecule has 0 saturated heterocycles. The van der Waals surface area contributed by atoms with Crippen molar-refractivity contribution in [3.05, 3.63) is 12.2 Å². The Balaban J connectivity index is 1.93. The van der Waals surface area contributed by atoms with Gasteiger partial charge >= 0.3 is 0 Å². The second-order valence-corrected chi connectivity index (χ2v) is 3.00. The minimum Gasteiger partial charge on any atom is -0.367 e. The van der Waals surface area contributed by atoms with Crippen LogP contribution < -0.4 is 11.1 Å². The summed E-state index contributed by atoms with van der Waals surface area (Å²) in [4.78, 5) is 7.86. The van der Waals surface area contributed by atoms with Gasteiger partial charge in [-0.2, -0.15) is 14.5 Å². The lowest BCUT2D eigenvalue weighted by atomic mass is 10.6. The number of rotatable bonds is 3. The van der Waals surface area contributed by atoms with Crippen LogP contribution in [0.15, 0.2) is 6.33 Å². The Morgan fingerprint density at radius 3 is 3.15 bits per heavy atom. The number of aromatic nitrogens is 5. The number of hydrogen-bond donors (Lipinski definition) is 3. The van der Waals surface area contributed by atoms with Gasteiger partial charge < -0.3 is 11.1 Å². The smallest absolute Gasteiger partial charge is 0.233 e. The summed E-state index contributed by atoms with van der Waals surface area (Å²) in [5.41, 5.74) is 5.34. The Kier molecular flexibility index (Phi) is 2.04. The SMILES string of the molecule is Nc1nsc(NCc2ncn[nH]2)n1. The molecule has 68 valence electrons. The van der Waals surface area contributed by atoms with Crippen molar-refractivity contribution in [3.8, 4) is 0 Å². The van der Waals surface area contributed by atoms with E-state index in [0.717, 1.165) is 5.82 Å². The Morgan fingerprint density at radius 1 is 1.62 bits per heavy atom. The van der Waals surface area contributed by atoms with Crippen molar-refractivity contribution in [1.29, 1.82) is 0 Å². The van der Waals surface area contributed by atoms with E-state index >= 15 is 0 Å². The van der Waals surface area contributed by atoms with E-state index in [0.29, 0.717) is 11.7 Å². The fourth-order valence-corrected chi connectivity index (χ4v) is 1.27. The average Bonchev–Trinajstić information content (AvgIpc) is 2.71. The summed E-state index contributed by atoms with van der Waals surface area (Å²) >= 11 is 1.21. The molecule has 2 rings (SSSR count). The van der Waals surface area contributed by atoms with Gasteiger partial charge in [-0.3, -0.25) is 5.10 Å². The van der Waals surface area contributed by atoms with Crippen molar-refractivity contribution in [1.82, 2.24) is 24.5 Å². The lowest BCUT2D eigenvalue weighted by Gasteiger charge is -1.95. The van der Waals surface area contributed by atoms with Crippen LogP contribution in [0.2, 0.25) is 0 Å². The highest BCUT2D eigenvalue weighted by atomic mass is 32.1. The zero-order valence-electron chi connectivity index (χ0n) is 6.56. The summed E-state index contributed by atoms with van der Waals surface area (Å²) in [5, 5.41) is 10.1. The molecule has 8 heteroatoms. The highest BCUT2D eigenvalue weighted by molar-refractivity contribution is 7.09. The first kappa shape index (κ1) is 7.92. The minimum absolute atomic E-state index is 0.282. The van der Waals surface area contributed by atoms with E-state index in [4.69, 9.17) is 5.73 Å². The molecule has 2 heterocycles. The lowest BCUT2D eigenvalue weighted by Crippen LogP contribution is -2.00. The molecule has 0 aliphatic rings. The molecule has 0 aromatic carbocycles. The van der Waals surface area contributed by atoms with Crippen molar-refractivity contribution in [3.63, 3.8) is 0 Å². The van der Waals surface area contributed by atoms with Crippen molar-refractivity contribution in [2.45, 2.75) is 6.54 Å². The molecule has 2 aromatic heterocycles. The van der Waals surface area contributed by atoms with Crippen LogP contribution in [0.3, 0.4) is 0 Å². The van der Waals surface area contributed by atoms with E-state index < -0.39 is 0 Å². The first-order valence-corrected chi connectivity index (χ1v) is 4.29. The van der Waals surface area contributed by atoms with Crippen LogP contribution in [0.25, 0.3) is 0 Å². The third-order valence-corrected chi connectivity index (χ3v) is 2.00. The first-order valence-electron chi connectivity index (χ1n) is 3.52. The number of nitrogens with two attached hydrogens (primary N) is 1. The van der Waals surface area contributed by atoms with Gasteiger partial charge in [0, 0.05) is 11.5 Å². The molecule has 0 aliphatic heterocycles. The number of nitrogens with zero attached hydrogens (tertiary/aromatic N) is 4. The number of H-pyrrole nitrogens is 1. The van der Waals surface area contributed by atoms with Crippen LogP contribution in [-0.2, 0) is 6.54 Å². The van der Waals surface area contributed by atoms with Crippen molar-refractivity contribution < 1.29 is 0 Å². The van der Waals surface area contributed by atoms with Crippen molar-refractivity contribution >= 4 is 22.6 Å². The normalized spacial score (nSPS) is 10.2. The van der Waals surface area contributed by atoms with E-state index in [-0.39, 0.29) is 5.95 Å². The predicted octanol–water partition coefficient (Wildman–Crippen LogP) is -0.150. The van der Waals surface area contributed by atoms with E-state index in [9.17, 15) is 0 Å². The zero-order chi connectivity index (χ0) is 9.10. The second kappa shape index (κ2) is 3.35. The average molecular weight is 197 g/mol. The Hall–Kier alpha value is -1.70. The molecule has 0 bridgehead atoms. The molecule has 7 nitrogen and oxygen atoms in total. The molecule has 0 spiro atoms. The van der Waals surface area contributed by atoms with E-state index in [1.807, 2.05) is 0 Å². The van der Waals surface area contributed by atoms with Crippen LogP contribution >= 0.6 is 11.5 Å². The summed E-state index contributed by atoms with van der Waals surface area (Å²) in [6.07, 6.45) is 1.45. The molecule has 0 amide bonds. The van der Waals surface area contributed by atoms with E-state index in [1.165, 1.54) is 17.9 Å².